The Hall–Kier alpha value is -1.68. The summed E-state index contributed by atoms with van der Waals surface area (Å²) < 4.78 is 0. The molecule has 0 aliphatic heterocycles. The van der Waals surface area contributed by atoms with Crippen LogP contribution in [0.5, 0.6) is 0 Å². The lowest BCUT2D eigenvalue weighted by Crippen LogP contribution is -2.11. The maximum absolute atomic E-state index is 5.98. The molecule has 1 aromatic carbocycles. The third-order valence-corrected chi connectivity index (χ3v) is 2.50. The Morgan fingerprint density at radius 1 is 1.25 bits per heavy atom. The van der Waals surface area contributed by atoms with Gasteiger partial charge in [-0.05, 0) is 6.92 Å². The standard InChI is InChI=1S/C11H11ClN4/c1-3-13-16(2)11-9-7-5-4-6-8(9)10(12)14-15-11/h3-7H,1-2H3. The molecule has 2 aromatic rings. The highest BCUT2D eigenvalue weighted by Gasteiger charge is 2.09. The number of halogens is 1. The summed E-state index contributed by atoms with van der Waals surface area (Å²) in [6.45, 7) is 1.85. The summed E-state index contributed by atoms with van der Waals surface area (Å²) in [4.78, 5) is 0. The predicted octanol–water partition coefficient (Wildman–Crippen LogP) is 2.73. The quantitative estimate of drug-likeness (QED) is 0.593. The summed E-state index contributed by atoms with van der Waals surface area (Å²) in [5.41, 5.74) is 0. The largest absolute Gasteiger partial charge is 0.249 e. The first-order valence-electron chi connectivity index (χ1n) is 4.87. The summed E-state index contributed by atoms with van der Waals surface area (Å²) in [6.07, 6.45) is 1.70. The van der Waals surface area contributed by atoms with Crippen molar-refractivity contribution < 1.29 is 0 Å². The maximum atomic E-state index is 5.98. The van der Waals surface area contributed by atoms with Crippen LogP contribution < -0.4 is 5.01 Å². The van der Waals surface area contributed by atoms with Crippen LogP contribution in [0.3, 0.4) is 0 Å². The predicted molar refractivity (Wildman–Crippen MR) is 67.1 cm³/mol. The number of benzene rings is 1. The molecule has 0 spiro atoms. The number of fused-ring (bicyclic) bond motifs is 1. The Morgan fingerprint density at radius 2 is 1.94 bits per heavy atom. The van der Waals surface area contributed by atoms with Gasteiger partial charge in [-0.1, -0.05) is 35.9 Å². The molecule has 5 heteroatoms. The Bertz CT molecular complexity index is 538. The number of nitrogens with zero attached hydrogens (tertiary/aromatic N) is 4. The van der Waals surface area contributed by atoms with Crippen molar-refractivity contribution in [2.45, 2.75) is 6.92 Å². The molecule has 0 unspecified atom stereocenters. The molecule has 82 valence electrons. The lowest BCUT2D eigenvalue weighted by atomic mass is 10.2. The van der Waals surface area contributed by atoms with E-state index in [1.54, 1.807) is 11.2 Å². The van der Waals surface area contributed by atoms with Gasteiger partial charge in [0.25, 0.3) is 0 Å². The smallest absolute Gasteiger partial charge is 0.179 e. The van der Waals surface area contributed by atoms with Gasteiger partial charge in [0.05, 0.1) is 0 Å². The zero-order valence-corrected chi connectivity index (χ0v) is 9.81. The van der Waals surface area contributed by atoms with Crippen LogP contribution in [0.25, 0.3) is 10.8 Å². The highest BCUT2D eigenvalue weighted by atomic mass is 35.5. The fraction of sp³-hybridized carbons (Fsp3) is 0.182. The summed E-state index contributed by atoms with van der Waals surface area (Å²) in [7, 11) is 1.82. The zero-order valence-electron chi connectivity index (χ0n) is 9.05. The Labute approximate surface area is 98.5 Å². The van der Waals surface area contributed by atoms with Crippen LogP contribution in [-0.4, -0.2) is 23.5 Å². The van der Waals surface area contributed by atoms with Crippen molar-refractivity contribution >= 4 is 34.4 Å². The Morgan fingerprint density at radius 3 is 2.62 bits per heavy atom. The molecule has 4 nitrogen and oxygen atoms in total. The highest BCUT2D eigenvalue weighted by Crippen LogP contribution is 2.27. The minimum absolute atomic E-state index is 0.410. The van der Waals surface area contributed by atoms with Gasteiger partial charge >= 0.3 is 0 Å². The summed E-state index contributed by atoms with van der Waals surface area (Å²) >= 11 is 5.98. The first-order valence-corrected chi connectivity index (χ1v) is 5.25. The van der Waals surface area contributed by atoms with Crippen molar-refractivity contribution in [1.82, 2.24) is 10.2 Å². The van der Waals surface area contributed by atoms with Crippen molar-refractivity contribution in [3.05, 3.63) is 29.4 Å². The topological polar surface area (TPSA) is 41.4 Å². The van der Waals surface area contributed by atoms with Gasteiger partial charge in [0.1, 0.15) is 0 Å². The van der Waals surface area contributed by atoms with Gasteiger partial charge in [0, 0.05) is 24.0 Å². The molecule has 0 N–H and O–H groups in total. The van der Waals surface area contributed by atoms with Crippen LogP contribution in [0.4, 0.5) is 5.82 Å². The average molecular weight is 235 g/mol. The van der Waals surface area contributed by atoms with Crippen molar-refractivity contribution in [3.63, 3.8) is 0 Å². The first-order chi connectivity index (χ1) is 7.74. The number of hydrogen-bond acceptors (Lipinski definition) is 4. The summed E-state index contributed by atoms with van der Waals surface area (Å²) in [6, 6.07) is 7.72. The van der Waals surface area contributed by atoms with E-state index in [9.17, 15) is 0 Å². The highest BCUT2D eigenvalue weighted by molar-refractivity contribution is 6.34. The lowest BCUT2D eigenvalue weighted by molar-refractivity contribution is 0.935. The fourth-order valence-electron chi connectivity index (χ4n) is 1.52. The molecule has 16 heavy (non-hydrogen) atoms. The van der Waals surface area contributed by atoms with Crippen LogP contribution in [0.15, 0.2) is 29.4 Å². The van der Waals surface area contributed by atoms with Crippen molar-refractivity contribution in [2.24, 2.45) is 5.10 Å². The van der Waals surface area contributed by atoms with Crippen LogP contribution in [0.1, 0.15) is 6.92 Å². The second kappa shape index (κ2) is 4.45. The number of hydrogen-bond donors (Lipinski definition) is 0. The van der Waals surface area contributed by atoms with Crippen LogP contribution >= 0.6 is 11.6 Å². The number of aromatic nitrogens is 2. The van der Waals surface area contributed by atoms with Crippen LogP contribution in [0, 0.1) is 0 Å². The molecule has 1 heterocycles. The Balaban J connectivity index is 2.67. The second-order valence-corrected chi connectivity index (χ2v) is 3.62. The van der Waals surface area contributed by atoms with E-state index in [2.05, 4.69) is 15.3 Å². The molecule has 0 saturated heterocycles. The Kier molecular flexibility index (Phi) is 3.01. The normalized spacial score (nSPS) is 11.2. The molecule has 0 saturated carbocycles. The molecular weight excluding hydrogens is 224 g/mol. The molecular formula is C11H11ClN4. The fourth-order valence-corrected chi connectivity index (χ4v) is 1.73. The van der Waals surface area contributed by atoms with E-state index in [0.29, 0.717) is 11.0 Å². The van der Waals surface area contributed by atoms with E-state index >= 15 is 0 Å². The van der Waals surface area contributed by atoms with Gasteiger partial charge in [-0.25, -0.2) is 5.01 Å². The SMILES string of the molecule is CC=NN(C)c1nnc(Cl)c2ccccc12. The third-order valence-electron chi connectivity index (χ3n) is 2.22. The zero-order chi connectivity index (χ0) is 11.5. The van der Waals surface area contributed by atoms with E-state index in [4.69, 9.17) is 11.6 Å². The molecule has 1 aromatic heterocycles. The van der Waals surface area contributed by atoms with E-state index in [-0.39, 0.29) is 0 Å². The van der Waals surface area contributed by atoms with Crippen molar-refractivity contribution in [2.75, 3.05) is 12.1 Å². The average Bonchev–Trinajstić information content (AvgIpc) is 2.30. The maximum Gasteiger partial charge on any atom is 0.179 e. The minimum Gasteiger partial charge on any atom is -0.249 e. The molecule has 0 atom stereocenters. The van der Waals surface area contributed by atoms with E-state index in [1.165, 1.54) is 0 Å². The minimum atomic E-state index is 0.410. The molecule has 0 aliphatic carbocycles. The van der Waals surface area contributed by atoms with E-state index < -0.39 is 0 Å². The molecule has 0 aliphatic rings. The third kappa shape index (κ3) is 1.84. The number of anilines is 1. The van der Waals surface area contributed by atoms with Crippen molar-refractivity contribution in [1.29, 1.82) is 0 Å². The molecule has 0 bridgehead atoms. The van der Waals surface area contributed by atoms with Gasteiger partial charge in [-0.2, -0.15) is 5.10 Å². The number of hydrazone groups is 1. The first kappa shape index (κ1) is 10.8. The lowest BCUT2D eigenvalue weighted by Gasteiger charge is -2.13. The van der Waals surface area contributed by atoms with E-state index in [0.717, 1.165) is 10.8 Å². The van der Waals surface area contributed by atoms with Gasteiger partial charge in [-0.15, -0.1) is 10.2 Å². The monoisotopic (exact) mass is 234 g/mol. The summed E-state index contributed by atoms with van der Waals surface area (Å²) in [5.74, 6) is 0.693. The van der Waals surface area contributed by atoms with Gasteiger partial charge in [0.15, 0.2) is 11.0 Å². The molecule has 2 rings (SSSR count). The summed E-state index contributed by atoms with van der Waals surface area (Å²) in [5, 5.41) is 16.0. The van der Waals surface area contributed by atoms with Crippen molar-refractivity contribution in [3.8, 4) is 0 Å². The molecule has 0 radical (unpaired) electrons. The van der Waals surface area contributed by atoms with Crippen LogP contribution in [0.2, 0.25) is 5.15 Å². The van der Waals surface area contributed by atoms with Crippen LogP contribution in [-0.2, 0) is 0 Å². The van der Waals surface area contributed by atoms with Gasteiger partial charge < -0.3 is 0 Å². The second-order valence-electron chi connectivity index (χ2n) is 3.26. The molecule has 0 amide bonds. The number of rotatable bonds is 2. The van der Waals surface area contributed by atoms with E-state index in [1.807, 2.05) is 38.2 Å². The van der Waals surface area contributed by atoms with Gasteiger partial charge in [0.2, 0.25) is 0 Å². The molecule has 0 fully saturated rings. The van der Waals surface area contributed by atoms with Gasteiger partial charge in [-0.3, -0.25) is 0 Å².